The first-order chi connectivity index (χ1) is 33.0. The van der Waals surface area contributed by atoms with Gasteiger partial charge >= 0.3 is 0 Å². The van der Waals surface area contributed by atoms with Gasteiger partial charge < -0.3 is 31.6 Å². The number of carbonyl (C=O) groups excluding carboxylic acids is 2. The first-order valence-corrected chi connectivity index (χ1v) is 22.7. The van der Waals surface area contributed by atoms with Crippen LogP contribution in [0.1, 0.15) is 123 Å². The molecule has 336 valence electrons. The van der Waals surface area contributed by atoms with Gasteiger partial charge in [0.1, 0.15) is 36.1 Å². The van der Waals surface area contributed by atoms with Gasteiger partial charge in [-0.05, 0) is 167 Å². The van der Waals surface area contributed by atoms with E-state index in [2.05, 4.69) is 67.0 Å². The Kier molecular flexibility index (Phi) is 10.6. The van der Waals surface area contributed by atoms with Crippen LogP contribution in [-0.2, 0) is 22.6 Å². The zero-order valence-electron chi connectivity index (χ0n) is 38.0. The number of nitrogens with zero attached hydrogens (tertiary/aromatic N) is 4. The molecule has 0 radical (unpaired) electrons. The molecule has 0 saturated heterocycles. The lowest BCUT2D eigenvalue weighted by molar-refractivity contribution is 0.0856. The Bertz CT molecular complexity index is 3290. The van der Waals surface area contributed by atoms with Gasteiger partial charge in [0.15, 0.2) is 0 Å². The van der Waals surface area contributed by atoms with Crippen molar-refractivity contribution >= 4 is 23.5 Å². The maximum Gasteiger partial charge on any atom is 0.251 e. The van der Waals surface area contributed by atoms with E-state index in [1.807, 2.05) is 113 Å². The lowest BCUT2D eigenvalue weighted by Gasteiger charge is -2.18. The molecule has 4 aliphatic rings. The molecule has 0 saturated carbocycles. The number of amides is 2. The van der Waals surface area contributed by atoms with Gasteiger partial charge in [0.25, 0.3) is 11.8 Å². The number of anilines is 2. The minimum Gasteiger partial charge on any atom is -0.384 e. The van der Waals surface area contributed by atoms with Crippen molar-refractivity contribution in [3.8, 4) is 22.5 Å². The van der Waals surface area contributed by atoms with E-state index >= 15 is 0 Å². The third-order valence-electron chi connectivity index (χ3n) is 13.6. The van der Waals surface area contributed by atoms with Crippen LogP contribution >= 0.6 is 0 Å². The van der Waals surface area contributed by atoms with Crippen molar-refractivity contribution in [1.82, 2.24) is 30.6 Å². The minimum absolute atomic E-state index is 0.0870. The summed E-state index contributed by atoms with van der Waals surface area (Å²) in [5.74, 6) is 0.743. The Labute approximate surface area is 393 Å². The van der Waals surface area contributed by atoms with Gasteiger partial charge in [0.2, 0.25) is 0 Å². The fourth-order valence-electron chi connectivity index (χ4n) is 10.2. The highest BCUT2D eigenvalue weighted by molar-refractivity contribution is 5.95. The summed E-state index contributed by atoms with van der Waals surface area (Å²) < 4.78 is 12.7. The van der Waals surface area contributed by atoms with Gasteiger partial charge in [0, 0.05) is 59.1 Å². The second-order valence-electron chi connectivity index (χ2n) is 17.8. The van der Waals surface area contributed by atoms with Crippen molar-refractivity contribution in [2.24, 2.45) is 0 Å². The van der Waals surface area contributed by atoms with Gasteiger partial charge in [-0.25, -0.2) is 9.97 Å². The topological polar surface area (TPSA) is 180 Å². The standard InChI is InChI=1S/2C28H24N4O2/c1-15-11-25(29)32-16(2)23(15)14-31-28(33)18-7-9-20-22(13-18)27-19-8-6-17(12-21(19)26(20)34-27)24-5-3-4-10-30-24;1-15-11-25(29)32-16(2)23(15)14-31-28(33)18-7-9-20-22(13-18)27-21-12-17(24-5-3-4-10-30-24)6-8-19(21)26(20)34-27/h2*3-13,26-27H,14H2,1-2H3,(H2,29,32)(H,31,33). The smallest absolute Gasteiger partial charge is 0.251 e. The first kappa shape index (κ1) is 42.6. The highest BCUT2D eigenvalue weighted by atomic mass is 16.5. The largest absolute Gasteiger partial charge is 0.384 e. The summed E-state index contributed by atoms with van der Waals surface area (Å²) in [6.07, 6.45) is 3.09. The molecular weight excluding hydrogens is 849 g/mol. The molecule has 0 fully saturated rings. The molecule has 0 spiro atoms. The maximum absolute atomic E-state index is 13.0. The van der Waals surface area contributed by atoms with Gasteiger partial charge in [-0.3, -0.25) is 19.6 Å². The van der Waals surface area contributed by atoms with Crippen LogP contribution in [0.5, 0.6) is 0 Å². The number of ether oxygens (including phenoxy) is 2. The van der Waals surface area contributed by atoms with Crippen LogP contribution in [0.25, 0.3) is 22.5 Å². The fourth-order valence-corrected chi connectivity index (χ4v) is 10.2. The molecule has 8 aromatic rings. The number of pyridine rings is 4. The molecule has 4 aromatic carbocycles. The lowest BCUT2D eigenvalue weighted by atomic mass is 9.84. The van der Waals surface area contributed by atoms with Crippen molar-refractivity contribution in [3.63, 3.8) is 0 Å². The number of rotatable bonds is 8. The Balaban J connectivity index is 0.000000149. The van der Waals surface area contributed by atoms with Gasteiger partial charge in [0.05, 0.1) is 11.4 Å². The quantitative estimate of drug-likeness (QED) is 0.115. The van der Waals surface area contributed by atoms with Crippen LogP contribution in [0.2, 0.25) is 0 Å². The van der Waals surface area contributed by atoms with Crippen LogP contribution in [0, 0.1) is 27.7 Å². The second kappa shape index (κ2) is 17.0. The zero-order chi connectivity index (χ0) is 46.8. The molecular formula is C56H48N8O4. The van der Waals surface area contributed by atoms with Gasteiger partial charge in [-0.1, -0.05) is 48.5 Å². The molecule has 4 aromatic heterocycles. The summed E-state index contributed by atoms with van der Waals surface area (Å²) in [5.41, 5.74) is 31.7. The average molecular weight is 897 g/mol. The number of aryl methyl sites for hydroxylation is 4. The summed E-state index contributed by atoms with van der Waals surface area (Å²) in [5, 5.41) is 6.06. The molecule has 4 aliphatic heterocycles. The predicted molar refractivity (Wildman–Crippen MR) is 260 cm³/mol. The summed E-state index contributed by atoms with van der Waals surface area (Å²) in [6, 6.07) is 40.0. The Morgan fingerprint density at radius 3 is 1.26 bits per heavy atom. The minimum atomic E-state index is -0.169. The molecule has 12 heteroatoms. The normalized spacial score (nSPS) is 17.4. The predicted octanol–water partition coefficient (Wildman–Crippen LogP) is 9.59. The van der Waals surface area contributed by atoms with E-state index < -0.39 is 0 Å². The van der Waals surface area contributed by atoms with E-state index in [-0.39, 0.29) is 36.2 Å². The van der Waals surface area contributed by atoms with E-state index in [1.165, 1.54) is 11.1 Å². The van der Waals surface area contributed by atoms with Crippen LogP contribution in [-0.4, -0.2) is 31.8 Å². The van der Waals surface area contributed by atoms with Crippen LogP contribution in [0.15, 0.2) is 134 Å². The number of nitrogen functional groups attached to an aromatic ring is 2. The average Bonchev–Trinajstić information content (AvgIpc) is 4.13. The molecule has 12 nitrogen and oxygen atoms in total. The number of nitrogens with two attached hydrogens (primary N) is 2. The summed E-state index contributed by atoms with van der Waals surface area (Å²) in [6.45, 7) is 8.58. The lowest BCUT2D eigenvalue weighted by Crippen LogP contribution is -2.24. The molecule has 4 bridgehead atoms. The van der Waals surface area contributed by atoms with Crippen LogP contribution in [0.3, 0.4) is 0 Å². The third kappa shape index (κ3) is 7.53. The third-order valence-corrected chi connectivity index (χ3v) is 13.6. The van der Waals surface area contributed by atoms with Crippen LogP contribution in [0.4, 0.5) is 11.6 Å². The monoisotopic (exact) mass is 896 g/mol. The molecule has 6 N–H and O–H groups in total. The van der Waals surface area contributed by atoms with E-state index in [4.69, 9.17) is 20.9 Å². The molecule has 4 atom stereocenters. The highest BCUT2D eigenvalue weighted by Gasteiger charge is 2.44. The first-order valence-electron chi connectivity index (χ1n) is 22.7. The Morgan fingerprint density at radius 1 is 0.485 bits per heavy atom. The maximum atomic E-state index is 13.0. The van der Waals surface area contributed by atoms with Gasteiger partial charge in [-0.2, -0.15) is 0 Å². The Hall–Kier alpha value is -8.06. The SMILES string of the molecule is Cc1cc(N)nc(C)c1CNC(=O)c1ccc2c(c1)C1OC2c2cc(-c3ccccn3)ccc21.Cc1cc(N)nc(C)c1CNC(=O)c1ccc2c(c1)C1OC2c2ccc(-c3ccccn3)cc21. The number of aromatic nitrogens is 4. The number of hydrogen-bond acceptors (Lipinski definition) is 10. The number of carbonyl (C=O) groups is 2. The fraction of sp³-hybridized carbons (Fsp3) is 0.179. The molecule has 12 rings (SSSR count). The van der Waals surface area contributed by atoms with E-state index in [1.54, 1.807) is 12.4 Å². The molecule has 8 heterocycles. The van der Waals surface area contributed by atoms with E-state index in [0.29, 0.717) is 35.9 Å². The number of fused-ring (bicyclic) bond motifs is 16. The highest BCUT2D eigenvalue weighted by Crippen LogP contribution is 2.56. The van der Waals surface area contributed by atoms with E-state index in [9.17, 15) is 9.59 Å². The van der Waals surface area contributed by atoms with Crippen molar-refractivity contribution < 1.29 is 19.1 Å². The number of nitrogens with one attached hydrogen (secondary N) is 2. The molecule has 68 heavy (non-hydrogen) atoms. The van der Waals surface area contributed by atoms with Gasteiger partial charge in [-0.15, -0.1) is 0 Å². The van der Waals surface area contributed by atoms with Crippen molar-refractivity contribution in [2.45, 2.75) is 65.2 Å². The van der Waals surface area contributed by atoms with Crippen LogP contribution < -0.4 is 22.1 Å². The molecule has 2 amide bonds. The summed E-state index contributed by atoms with van der Waals surface area (Å²) >= 11 is 0. The van der Waals surface area contributed by atoms with Crippen molar-refractivity contribution in [2.75, 3.05) is 11.5 Å². The molecule has 0 aliphatic carbocycles. The number of benzene rings is 4. The van der Waals surface area contributed by atoms with E-state index in [0.717, 1.165) is 89.5 Å². The van der Waals surface area contributed by atoms with Crippen molar-refractivity contribution in [3.05, 3.63) is 223 Å². The molecule has 4 unspecified atom stereocenters. The second-order valence-corrected chi connectivity index (χ2v) is 17.8. The Morgan fingerprint density at radius 2 is 0.868 bits per heavy atom. The zero-order valence-corrected chi connectivity index (χ0v) is 38.0. The van der Waals surface area contributed by atoms with Crippen molar-refractivity contribution in [1.29, 1.82) is 0 Å². The summed E-state index contributed by atoms with van der Waals surface area (Å²) in [4.78, 5) is 43.5. The number of hydrogen-bond donors (Lipinski definition) is 4. The summed E-state index contributed by atoms with van der Waals surface area (Å²) in [7, 11) is 0.